The highest BCUT2D eigenvalue weighted by molar-refractivity contribution is 5.83. The largest absolute Gasteiger partial charge is 0.463 e. The zero-order chi connectivity index (χ0) is 52.7. The van der Waals surface area contributed by atoms with E-state index in [1.54, 1.807) is 6.08 Å². The van der Waals surface area contributed by atoms with Crippen LogP contribution in [0.25, 0.3) is 0 Å². The maximum atomic E-state index is 14.2. The van der Waals surface area contributed by atoms with Crippen LogP contribution in [-0.2, 0) is 71.5 Å². The molecule has 1 heterocycles. The average Bonchev–Trinajstić information content (AvgIpc) is 3.30. The fourth-order valence-electron chi connectivity index (χ4n) is 8.76. The molecule has 16 nitrogen and oxygen atoms in total. The first kappa shape index (κ1) is 65.0. The van der Waals surface area contributed by atoms with Crippen LogP contribution in [0, 0.1) is 0 Å². The number of carbonyl (C=O) groups excluding carboxylic acids is 7. The van der Waals surface area contributed by atoms with Gasteiger partial charge in [0.25, 0.3) is 5.91 Å². The van der Waals surface area contributed by atoms with Crippen molar-refractivity contribution in [2.24, 2.45) is 0 Å². The Kier molecular flexibility index (Phi) is 37.9. The minimum Gasteiger partial charge on any atom is -0.463 e. The molecule has 1 N–H and O–H groups in total. The highest BCUT2D eigenvalue weighted by atomic mass is 16.7. The van der Waals surface area contributed by atoms with Crippen molar-refractivity contribution in [2.45, 2.75) is 284 Å². The summed E-state index contributed by atoms with van der Waals surface area (Å²) in [6.07, 6.45) is 25.6. The summed E-state index contributed by atoms with van der Waals surface area (Å²) in [7, 11) is 0. The summed E-state index contributed by atoms with van der Waals surface area (Å²) in [4.78, 5) is 88.4. The van der Waals surface area contributed by atoms with Gasteiger partial charge in [0, 0.05) is 41.5 Å². The van der Waals surface area contributed by atoms with Gasteiger partial charge in [0.15, 0.2) is 30.7 Å². The fourth-order valence-corrected chi connectivity index (χ4v) is 8.76. The predicted molar refractivity (Wildman–Crippen MR) is 271 cm³/mol. The van der Waals surface area contributed by atoms with E-state index in [9.17, 15) is 33.6 Å². The Labute approximate surface area is 426 Å². The Balaban J connectivity index is 3.29. The van der Waals surface area contributed by atoms with Gasteiger partial charge in [-0.1, -0.05) is 174 Å². The number of ether oxygens (including phenoxy) is 8. The number of allylic oxidation sites excluding steroid dienone is 1. The van der Waals surface area contributed by atoms with E-state index >= 15 is 0 Å². The van der Waals surface area contributed by atoms with E-state index in [0.29, 0.717) is 12.8 Å². The number of hydrogen-bond acceptors (Lipinski definition) is 15. The average molecular weight is 1010 g/mol. The zero-order valence-corrected chi connectivity index (χ0v) is 45.1. The summed E-state index contributed by atoms with van der Waals surface area (Å²) in [6.45, 7) is 10.5. The van der Waals surface area contributed by atoms with E-state index in [-0.39, 0.29) is 6.42 Å². The first-order valence-corrected chi connectivity index (χ1v) is 27.3. The van der Waals surface area contributed by atoms with Crippen molar-refractivity contribution in [3.63, 3.8) is 0 Å². The van der Waals surface area contributed by atoms with Crippen LogP contribution in [0.1, 0.15) is 235 Å². The van der Waals surface area contributed by atoms with E-state index in [2.05, 4.69) is 19.2 Å². The SMILES string of the molecule is CCCCCCCCCCCCCCCC=CC(OC(C)=O)C(COC1OC(COC(C)=O)C(OC(C)=O)C(OC(C)=O)C1OC(C)=O)NC(=O)C(CCCCCCCCCCCCCCC)OC(C)=O. The van der Waals surface area contributed by atoms with Crippen molar-refractivity contribution in [2.75, 3.05) is 13.2 Å². The standard InChI is InChI=1S/C55H95NO15/c1-9-11-13-15-17-19-21-23-24-26-27-29-31-33-35-37-48(66-42(4)58)47(56-54(63)49(67-43(5)59)38-36-34-32-30-28-25-22-20-18-16-14-12-10-2)39-65-55-53(70-46(8)62)52(69-45(7)61)51(68-44(6)60)50(71-55)40-64-41(3)57/h35,37,47-53,55H,9-34,36,38-40H2,1-8H3,(H,56,63). The molecule has 8 unspecified atom stereocenters. The number of carbonyl (C=O) groups is 7. The van der Waals surface area contributed by atoms with Crippen molar-refractivity contribution in [1.29, 1.82) is 0 Å². The maximum absolute atomic E-state index is 14.2. The van der Waals surface area contributed by atoms with Crippen LogP contribution in [0.5, 0.6) is 0 Å². The van der Waals surface area contributed by atoms with E-state index < -0.39 is 104 Å². The summed E-state index contributed by atoms with van der Waals surface area (Å²) in [5.41, 5.74) is 0. The summed E-state index contributed by atoms with van der Waals surface area (Å²) in [5.74, 6) is -5.03. The molecule has 0 aromatic heterocycles. The van der Waals surface area contributed by atoms with Crippen LogP contribution >= 0.6 is 0 Å². The quantitative estimate of drug-likeness (QED) is 0.0261. The summed E-state index contributed by atoms with van der Waals surface area (Å²) in [6, 6.07) is -1.13. The highest BCUT2D eigenvalue weighted by Gasteiger charge is 2.53. The molecule has 0 spiro atoms. The Bertz CT molecular complexity index is 1520. The van der Waals surface area contributed by atoms with Crippen LogP contribution in [0.2, 0.25) is 0 Å². The van der Waals surface area contributed by atoms with Crippen molar-refractivity contribution in [1.82, 2.24) is 5.32 Å². The lowest BCUT2D eigenvalue weighted by atomic mass is 9.98. The van der Waals surface area contributed by atoms with Gasteiger partial charge in [-0.3, -0.25) is 33.6 Å². The molecule has 1 amide bonds. The molecular weight excluding hydrogens is 915 g/mol. The Morgan fingerprint density at radius 3 is 1.35 bits per heavy atom. The fraction of sp³-hybridized carbons (Fsp3) is 0.836. The molecule has 1 aliphatic heterocycles. The van der Waals surface area contributed by atoms with Crippen LogP contribution in [0.15, 0.2) is 12.2 Å². The second-order valence-corrected chi connectivity index (χ2v) is 19.2. The Morgan fingerprint density at radius 1 is 0.493 bits per heavy atom. The lowest BCUT2D eigenvalue weighted by Gasteiger charge is -2.44. The Hall–Kier alpha value is -4.05. The number of amides is 1. The minimum atomic E-state index is -1.57. The molecule has 0 radical (unpaired) electrons. The second-order valence-electron chi connectivity index (χ2n) is 19.2. The molecule has 16 heteroatoms. The lowest BCUT2D eigenvalue weighted by Crippen LogP contribution is -2.63. The van der Waals surface area contributed by atoms with Crippen LogP contribution in [-0.4, -0.2) is 104 Å². The van der Waals surface area contributed by atoms with E-state index in [4.69, 9.17) is 37.9 Å². The van der Waals surface area contributed by atoms with Gasteiger partial charge in [-0.05, 0) is 31.8 Å². The monoisotopic (exact) mass is 1010 g/mol. The minimum absolute atomic E-state index is 0.254. The molecule has 0 aromatic carbocycles. The van der Waals surface area contributed by atoms with Crippen molar-refractivity contribution in [3.8, 4) is 0 Å². The van der Waals surface area contributed by atoms with E-state index in [0.717, 1.165) is 65.7 Å². The third-order valence-electron chi connectivity index (χ3n) is 12.4. The third kappa shape index (κ3) is 33.3. The Morgan fingerprint density at radius 2 is 0.915 bits per heavy atom. The topological polar surface area (TPSA) is 205 Å². The maximum Gasteiger partial charge on any atom is 0.303 e. The second kappa shape index (κ2) is 41.4. The molecule has 71 heavy (non-hydrogen) atoms. The third-order valence-corrected chi connectivity index (χ3v) is 12.4. The van der Waals surface area contributed by atoms with Crippen LogP contribution < -0.4 is 5.32 Å². The molecule has 0 saturated carbocycles. The van der Waals surface area contributed by atoms with E-state index in [1.807, 2.05) is 6.08 Å². The van der Waals surface area contributed by atoms with Crippen LogP contribution in [0.3, 0.4) is 0 Å². The zero-order valence-electron chi connectivity index (χ0n) is 45.1. The molecule has 1 saturated heterocycles. The first-order chi connectivity index (χ1) is 34.1. The number of esters is 6. The summed E-state index contributed by atoms with van der Waals surface area (Å²) in [5, 5.41) is 2.89. The highest BCUT2D eigenvalue weighted by Crippen LogP contribution is 2.30. The lowest BCUT2D eigenvalue weighted by molar-refractivity contribution is -0.309. The van der Waals surface area contributed by atoms with Gasteiger partial charge in [-0.15, -0.1) is 0 Å². The van der Waals surface area contributed by atoms with Crippen molar-refractivity contribution in [3.05, 3.63) is 12.2 Å². The predicted octanol–water partition coefficient (Wildman–Crippen LogP) is 11.0. The molecule has 0 aliphatic carbocycles. The van der Waals surface area contributed by atoms with E-state index in [1.165, 1.54) is 136 Å². The molecular formula is C55H95NO15. The number of hydrogen-bond donors (Lipinski definition) is 1. The molecule has 1 aliphatic rings. The number of nitrogens with one attached hydrogen (secondary N) is 1. The van der Waals surface area contributed by atoms with Crippen molar-refractivity contribution < 1.29 is 71.5 Å². The van der Waals surface area contributed by atoms with Gasteiger partial charge < -0.3 is 43.2 Å². The normalized spacial score (nSPS) is 19.0. The number of unbranched alkanes of at least 4 members (excludes halogenated alkanes) is 25. The van der Waals surface area contributed by atoms with Gasteiger partial charge in [-0.25, -0.2) is 0 Å². The van der Waals surface area contributed by atoms with Gasteiger partial charge in [0.2, 0.25) is 0 Å². The summed E-state index contributed by atoms with van der Waals surface area (Å²) < 4.78 is 45.6. The summed E-state index contributed by atoms with van der Waals surface area (Å²) >= 11 is 0. The van der Waals surface area contributed by atoms with Crippen LogP contribution in [0.4, 0.5) is 0 Å². The van der Waals surface area contributed by atoms with Gasteiger partial charge >= 0.3 is 35.8 Å². The van der Waals surface area contributed by atoms with Gasteiger partial charge in [-0.2, -0.15) is 0 Å². The smallest absolute Gasteiger partial charge is 0.303 e. The molecule has 1 rings (SSSR count). The molecule has 0 aromatic rings. The van der Waals surface area contributed by atoms with Crippen molar-refractivity contribution >= 4 is 41.7 Å². The molecule has 8 atom stereocenters. The molecule has 410 valence electrons. The van der Waals surface area contributed by atoms with Gasteiger partial charge in [0.1, 0.15) is 18.8 Å². The molecule has 1 fully saturated rings. The molecule has 0 bridgehead atoms. The number of rotatable bonds is 42. The first-order valence-electron chi connectivity index (χ1n) is 27.3. The van der Waals surface area contributed by atoms with Gasteiger partial charge in [0.05, 0.1) is 12.6 Å².